The smallest absolute Gasteiger partial charge is 0.204 e. The summed E-state index contributed by atoms with van der Waals surface area (Å²) in [6.07, 6.45) is 6.37. The average Bonchev–Trinajstić information content (AvgIpc) is 2.71. The summed E-state index contributed by atoms with van der Waals surface area (Å²) in [5.74, 6) is 0. The minimum absolute atomic E-state index is 0.525. The highest BCUT2D eigenvalue weighted by molar-refractivity contribution is 7.80. The summed E-state index contributed by atoms with van der Waals surface area (Å²) in [6.45, 7) is 0. The fourth-order valence-corrected chi connectivity index (χ4v) is 4.87. The first-order valence-corrected chi connectivity index (χ1v) is 9.04. The number of thiocarbonyl (C=S) groups is 1. The maximum atomic E-state index is 5.45. The van der Waals surface area contributed by atoms with Crippen LogP contribution in [0.3, 0.4) is 0 Å². The molecule has 1 aliphatic rings. The molecule has 3 nitrogen and oxygen atoms in total. The van der Waals surface area contributed by atoms with Crippen molar-refractivity contribution in [2.45, 2.75) is 38.1 Å². The van der Waals surface area contributed by atoms with Crippen molar-refractivity contribution in [2.75, 3.05) is 14.1 Å². The molecule has 1 aromatic rings. The summed E-state index contributed by atoms with van der Waals surface area (Å²) in [5, 5.41) is 0.614. The van der Waals surface area contributed by atoms with Crippen LogP contribution in [0, 0.1) is 3.95 Å². The van der Waals surface area contributed by atoms with E-state index in [1.807, 2.05) is 19.0 Å². The highest BCUT2D eigenvalue weighted by atomic mass is 32.9. The number of hydrogen-bond donors (Lipinski definition) is 0. The van der Waals surface area contributed by atoms with Crippen molar-refractivity contribution in [3.63, 3.8) is 0 Å². The van der Waals surface area contributed by atoms with Crippen LogP contribution in [-0.2, 0) is 0 Å². The van der Waals surface area contributed by atoms with Crippen LogP contribution in [0.2, 0.25) is 0 Å². The number of aromatic nitrogens is 1. The molecule has 0 radical (unpaired) electrons. The second kappa shape index (κ2) is 6.36. The van der Waals surface area contributed by atoms with E-state index < -0.39 is 0 Å². The Morgan fingerprint density at radius 1 is 1.28 bits per heavy atom. The van der Waals surface area contributed by atoms with E-state index in [9.17, 15) is 0 Å². The summed E-state index contributed by atoms with van der Waals surface area (Å²) in [5.41, 5.74) is 0. The molecule has 7 heteroatoms. The normalized spacial score (nSPS) is 18.0. The van der Waals surface area contributed by atoms with Crippen LogP contribution in [0.5, 0.6) is 0 Å². The predicted molar refractivity (Wildman–Crippen MR) is 85.0 cm³/mol. The van der Waals surface area contributed by atoms with E-state index in [-0.39, 0.29) is 0 Å². The molecule has 1 aliphatic carbocycles. The molecule has 0 saturated heterocycles. The minimum atomic E-state index is 0.525. The van der Waals surface area contributed by atoms with Gasteiger partial charge in [0.05, 0.1) is 0 Å². The molecular weight excluding hydrogens is 302 g/mol. The fraction of sp³-hybridized carbons (Fsp3) is 0.727. The Labute approximate surface area is 125 Å². The zero-order chi connectivity index (χ0) is 13.1. The largest absolute Gasteiger partial charge is 0.353 e. The van der Waals surface area contributed by atoms with E-state index in [1.165, 1.54) is 32.1 Å². The Balaban J connectivity index is 2.38. The molecule has 0 N–H and O–H groups in total. The number of rotatable bonds is 1. The zero-order valence-corrected chi connectivity index (χ0v) is 13.9. The van der Waals surface area contributed by atoms with Gasteiger partial charge in [0.15, 0.2) is 9.07 Å². The van der Waals surface area contributed by atoms with Gasteiger partial charge < -0.3 is 4.90 Å². The van der Waals surface area contributed by atoms with Gasteiger partial charge in [0.2, 0.25) is 4.80 Å². The highest BCUT2D eigenvalue weighted by Gasteiger charge is 2.17. The lowest BCUT2D eigenvalue weighted by Gasteiger charge is -2.22. The zero-order valence-electron chi connectivity index (χ0n) is 10.6. The number of hydrogen-bond acceptors (Lipinski definition) is 4. The standard InChI is InChI=1S/C11H17N3S4/c1-13(2)9(15)12-10-14(11(16)18-17-10)8-6-4-3-5-7-8/h8H,3-7H2,1-2H3/b12-10-. The van der Waals surface area contributed by atoms with E-state index in [0.29, 0.717) is 11.2 Å². The predicted octanol–water partition coefficient (Wildman–Crippen LogP) is 3.59. The van der Waals surface area contributed by atoms with Crippen molar-refractivity contribution in [1.82, 2.24) is 9.47 Å². The molecule has 1 heterocycles. The van der Waals surface area contributed by atoms with Crippen molar-refractivity contribution >= 4 is 50.2 Å². The van der Waals surface area contributed by atoms with Crippen molar-refractivity contribution in [1.29, 1.82) is 0 Å². The molecule has 0 atom stereocenters. The van der Waals surface area contributed by atoms with Crippen LogP contribution in [0.15, 0.2) is 4.99 Å². The molecule has 0 spiro atoms. The topological polar surface area (TPSA) is 20.5 Å². The quantitative estimate of drug-likeness (QED) is 0.583. The van der Waals surface area contributed by atoms with Crippen LogP contribution in [0.4, 0.5) is 0 Å². The molecule has 1 saturated carbocycles. The lowest BCUT2D eigenvalue weighted by molar-refractivity contribution is 0.347. The molecule has 2 rings (SSSR count). The SMILES string of the molecule is CN(C)C(=S)/N=c1\ssc(=S)n1C1CCCCC1. The summed E-state index contributed by atoms with van der Waals surface area (Å²) in [4.78, 5) is 7.36. The lowest BCUT2D eigenvalue weighted by Crippen LogP contribution is -2.26. The highest BCUT2D eigenvalue weighted by Crippen LogP contribution is 2.28. The summed E-state index contributed by atoms with van der Waals surface area (Å²) < 4.78 is 3.16. The lowest BCUT2D eigenvalue weighted by atomic mass is 9.95. The third-order valence-electron chi connectivity index (χ3n) is 3.10. The van der Waals surface area contributed by atoms with Gasteiger partial charge in [-0.2, -0.15) is 4.99 Å². The van der Waals surface area contributed by atoms with Gasteiger partial charge in [0, 0.05) is 20.1 Å². The van der Waals surface area contributed by atoms with Crippen molar-refractivity contribution in [3.8, 4) is 0 Å². The van der Waals surface area contributed by atoms with Gasteiger partial charge in [0.1, 0.15) is 0 Å². The van der Waals surface area contributed by atoms with Crippen LogP contribution in [0.25, 0.3) is 0 Å². The molecule has 100 valence electrons. The molecule has 1 fully saturated rings. The Morgan fingerprint density at radius 2 is 1.94 bits per heavy atom. The van der Waals surface area contributed by atoms with Crippen molar-refractivity contribution in [2.24, 2.45) is 4.99 Å². The maximum absolute atomic E-state index is 5.45. The van der Waals surface area contributed by atoms with Crippen LogP contribution in [0.1, 0.15) is 38.1 Å². The van der Waals surface area contributed by atoms with Gasteiger partial charge in [-0.25, -0.2) is 0 Å². The van der Waals surface area contributed by atoms with E-state index in [1.54, 1.807) is 20.7 Å². The van der Waals surface area contributed by atoms with Crippen molar-refractivity contribution < 1.29 is 0 Å². The van der Waals surface area contributed by atoms with Crippen LogP contribution >= 0.6 is 45.1 Å². The van der Waals surface area contributed by atoms with Crippen LogP contribution < -0.4 is 4.80 Å². The van der Waals surface area contributed by atoms with Gasteiger partial charge in [-0.3, -0.25) is 4.57 Å². The maximum Gasteiger partial charge on any atom is 0.204 e. The van der Waals surface area contributed by atoms with Gasteiger partial charge in [-0.1, -0.05) is 19.3 Å². The molecule has 0 unspecified atom stereocenters. The van der Waals surface area contributed by atoms with Crippen molar-refractivity contribution in [3.05, 3.63) is 8.76 Å². The van der Waals surface area contributed by atoms with E-state index in [2.05, 4.69) is 9.56 Å². The third kappa shape index (κ3) is 3.26. The third-order valence-corrected chi connectivity index (χ3v) is 6.35. The molecule has 0 amide bonds. The molecule has 0 aromatic carbocycles. The van der Waals surface area contributed by atoms with Gasteiger partial charge in [-0.05, 0) is 58.0 Å². The molecule has 0 aliphatic heterocycles. The fourth-order valence-electron chi connectivity index (χ4n) is 2.13. The average molecular weight is 320 g/mol. The summed E-state index contributed by atoms with van der Waals surface area (Å²) in [6, 6.07) is 0.525. The monoisotopic (exact) mass is 319 g/mol. The summed E-state index contributed by atoms with van der Waals surface area (Å²) >= 11 is 10.7. The Hall–Kier alpha value is -0.110. The van der Waals surface area contributed by atoms with E-state index in [4.69, 9.17) is 24.4 Å². The summed E-state index contributed by atoms with van der Waals surface area (Å²) in [7, 11) is 7.10. The van der Waals surface area contributed by atoms with E-state index >= 15 is 0 Å². The van der Waals surface area contributed by atoms with Gasteiger partial charge >= 0.3 is 0 Å². The Morgan fingerprint density at radius 3 is 2.56 bits per heavy atom. The molecule has 1 aromatic heterocycles. The van der Waals surface area contributed by atoms with Gasteiger partial charge in [0.25, 0.3) is 0 Å². The Kier molecular flexibility index (Phi) is 5.06. The second-order valence-corrected chi connectivity index (χ2v) is 7.76. The van der Waals surface area contributed by atoms with Gasteiger partial charge in [-0.15, -0.1) is 0 Å². The molecular formula is C11H17N3S4. The molecule has 0 bridgehead atoms. The first kappa shape index (κ1) is 14.3. The minimum Gasteiger partial charge on any atom is -0.353 e. The van der Waals surface area contributed by atoms with Crippen LogP contribution in [-0.4, -0.2) is 28.7 Å². The van der Waals surface area contributed by atoms with E-state index in [0.717, 1.165) is 8.76 Å². The first-order chi connectivity index (χ1) is 8.59. The molecule has 18 heavy (non-hydrogen) atoms. The Bertz CT molecular complexity index is 531. The second-order valence-electron chi connectivity index (χ2n) is 4.67. The first-order valence-electron chi connectivity index (χ1n) is 6.07. The number of nitrogens with zero attached hydrogens (tertiary/aromatic N) is 3.